The molecule has 1 amide bonds. The molecule has 0 radical (unpaired) electrons. The van der Waals surface area contributed by atoms with E-state index in [4.69, 9.17) is 4.98 Å². The van der Waals surface area contributed by atoms with E-state index in [1.165, 1.54) is 11.1 Å². The first-order valence-corrected chi connectivity index (χ1v) is 13.0. The number of thioether (sulfide) groups is 1. The number of pyridine rings is 1. The number of imidazole rings is 1. The van der Waals surface area contributed by atoms with Crippen LogP contribution in [0.4, 0.5) is 0 Å². The normalized spacial score (nSPS) is 11.9. The van der Waals surface area contributed by atoms with Crippen LogP contribution in [-0.4, -0.2) is 20.4 Å². The van der Waals surface area contributed by atoms with Gasteiger partial charge in [0.1, 0.15) is 5.52 Å². The van der Waals surface area contributed by atoms with Crippen molar-refractivity contribution >= 4 is 28.8 Å². The lowest BCUT2D eigenvalue weighted by Gasteiger charge is -2.14. The largest absolute Gasteiger partial charge is 0.346 e. The SMILES string of the molecule is Cc1ccc(Cn2c(SCc3ccc(C(=O)N[C@@H](C)c4ccccc4)cc3)nc3cccnc32)cc1. The lowest BCUT2D eigenvalue weighted by atomic mass is 10.1. The highest BCUT2D eigenvalue weighted by Gasteiger charge is 2.14. The number of amides is 1. The van der Waals surface area contributed by atoms with Gasteiger partial charge in [-0.1, -0.05) is 84.1 Å². The van der Waals surface area contributed by atoms with Gasteiger partial charge in [-0.25, -0.2) is 9.97 Å². The molecule has 1 N–H and O–H groups in total. The van der Waals surface area contributed by atoms with Crippen molar-refractivity contribution in [3.8, 4) is 0 Å². The van der Waals surface area contributed by atoms with Gasteiger partial charge in [-0.15, -0.1) is 0 Å². The molecule has 0 bridgehead atoms. The fourth-order valence-electron chi connectivity index (χ4n) is 4.07. The Labute approximate surface area is 215 Å². The number of benzene rings is 3. The predicted octanol–water partition coefficient (Wildman–Crippen LogP) is 6.57. The highest BCUT2D eigenvalue weighted by molar-refractivity contribution is 7.98. The average molecular weight is 493 g/mol. The number of nitrogens with zero attached hydrogens (tertiary/aromatic N) is 3. The summed E-state index contributed by atoms with van der Waals surface area (Å²) < 4.78 is 2.18. The van der Waals surface area contributed by atoms with E-state index in [1.54, 1.807) is 11.8 Å². The van der Waals surface area contributed by atoms with Crippen LogP contribution in [0.15, 0.2) is 102 Å². The van der Waals surface area contributed by atoms with Crippen LogP contribution in [0.1, 0.15) is 45.6 Å². The fourth-order valence-corrected chi connectivity index (χ4v) is 5.03. The van der Waals surface area contributed by atoms with Gasteiger partial charge in [0.05, 0.1) is 12.6 Å². The average Bonchev–Trinajstić information content (AvgIpc) is 3.26. The van der Waals surface area contributed by atoms with Crippen LogP contribution < -0.4 is 5.32 Å². The minimum absolute atomic E-state index is 0.0518. The number of aromatic nitrogens is 3. The molecule has 2 heterocycles. The summed E-state index contributed by atoms with van der Waals surface area (Å²) in [4.78, 5) is 22.2. The van der Waals surface area contributed by atoms with Crippen molar-refractivity contribution in [3.63, 3.8) is 0 Å². The Bertz CT molecular complexity index is 1460. The molecular formula is C30H28N4OS. The highest BCUT2D eigenvalue weighted by atomic mass is 32.2. The monoisotopic (exact) mass is 492 g/mol. The molecule has 0 saturated carbocycles. The number of carbonyl (C=O) groups excluding carboxylic acids is 1. The van der Waals surface area contributed by atoms with Crippen LogP contribution in [-0.2, 0) is 12.3 Å². The minimum Gasteiger partial charge on any atom is -0.346 e. The van der Waals surface area contributed by atoms with Crippen molar-refractivity contribution in [2.75, 3.05) is 0 Å². The van der Waals surface area contributed by atoms with Crippen molar-refractivity contribution in [2.24, 2.45) is 0 Å². The van der Waals surface area contributed by atoms with E-state index in [1.807, 2.05) is 79.9 Å². The second-order valence-corrected chi connectivity index (χ2v) is 9.85. The Balaban J connectivity index is 1.27. The van der Waals surface area contributed by atoms with Gasteiger partial charge in [0.25, 0.3) is 5.91 Å². The van der Waals surface area contributed by atoms with Crippen LogP contribution in [0.2, 0.25) is 0 Å². The first kappa shape index (κ1) is 23.8. The molecule has 0 aliphatic carbocycles. The molecule has 3 aromatic carbocycles. The molecule has 0 spiro atoms. The quantitative estimate of drug-likeness (QED) is 0.249. The van der Waals surface area contributed by atoms with Crippen molar-refractivity contribution < 1.29 is 4.79 Å². The molecule has 5 aromatic rings. The van der Waals surface area contributed by atoms with E-state index in [9.17, 15) is 4.79 Å². The Kier molecular flexibility index (Phi) is 7.14. The molecule has 0 saturated heterocycles. The molecule has 1 atom stereocenters. The Morgan fingerprint density at radius 3 is 2.39 bits per heavy atom. The molecule has 180 valence electrons. The summed E-state index contributed by atoms with van der Waals surface area (Å²) >= 11 is 1.68. The van der Waals surface area contributed by atoms with E-state index in [2.05, 4.69) is 46.1 Å². The molecule has 6 heteroatoms. The van der Waals surface area contributed by atoms with Crippen LogP contribution in [0.25, 0.3) is 11.2 Å². The van der Waals surface area contributed by atoms with Crippen molar-refractivity contribution in [2.45, 2.75) is 37.3 Å². The molecule has 0 aliphatic rings. The van der Waals surface area contributed by atoms with E-state index in [0.717, 1.165) is 39.7 Å². The van der Waals surface area contributed by atoms with Gasteiger partial charge in [0.15, 0.2) is 10.8 Å². The van der Waals surface area contributed by atoms with Gasteiger partial charge in [0, 0.05) is 17.5 Å². The highest BCUT2D eigenvalue weighted by Crippen LogP contribution is 2.27. The molecular weight excluding hydrogens is 464 g/mol. The van der Waals surface area contributed by atoms with Crippen LogP contribution in [0.3, 0.4) is 0 Å². The van der Waals surface area contributed by atoms with Gasteiger partial charge >= 0.3 is 0 Å². The van der Waals surface area contributed by atoms with Crippen LogP contribution in [0, 0.1) is 6.92 Å². The lowest BCUT2D eigenvalue weighted by Crippen LogP contribution is -2.26. The Morgan fingerprint density at radius 2 is 1.64 bits per heavy atom. The van der Waals surface area contributed by atoms with Crippen LogP contribution >= 0.6 is 11.8 Å². The molecule has 5 nitrogen and oxygen atoms in total. The molecule has 0 unspecified atom stereocenters. The summed E-state index contributed by atoms with van der Waals surface area (Å²) in [5.74, 6) is 0.677. The third-order valence-electron chi connectivity index (χ3n) is 6.16. The Hall–Kier alpha value is -3.90. The number of rotatable bonds is 8. The minimum atomic E-state index is -0.0727. The first-order chi connectivity index (χ1) is 17.6. The third-order valence-corrected chi connectivity index (χ3v) is 7.21. The number of carbonyl (C=O) groups is 1. The lowest BCUT2D eigenvalue weighted by molar-refractivity contribution is 0.0940. The Morgan fingerprint density at radius 1 is 0.917 bits per heavy atom. The maximum atomic E-state index is 12.7. The summed E-state index contributed by atoms with van der Waals surface area (Å²) in [7, 11) is 0. The van der Waals surface area contributed by atoms with Gasteiger partial charge in [-0.05, 0) is 54.8 Å². The standard InChI is InChI=1S/C30H28N4OS/c1-21-10-12-23(13-11-21)19-34-28-27(9-6-18-31-28)33-30(34)36-20-24-14-16-26(17-15-24)29(35)32-22(2)25-7-4-3-5-8-25/h3-18,22H,19-20H2,1-2H3,(H,32,35)/t22-/m0/s1. The van der Waals surface area contributed by atoms with E-state index < -0.39 is 0 Å². The van der Waals surface area contributed by atoms with Crippen LogP contribution in [0.5, 0.6) is 0 Å². The summed E-state index contributed by atoms with van der Waals surface area (Å²) in [5.41, 5.74) is 7.12. The zero-order chi connectivity index (χ0) is 24.9. The number of aryl methyl sites for hydroxylation is 1. The molecule has 0 aliphatic heterocycles. The van der Waals surface area contributed by atoms with E-state index in [0.29, 0.717) is 5.56 Å². The van der Waals surface area contributed by atoms with Crippen molar-refractivity contribution in [1.29, 1.82) is 0 Å². The van der Waals surface area contributed by atoms with Gasteiger partial charge in [-0.3, -0.25) is 9.36 Å². The van der Waals surface area contributed by atoms with Gasteiger partial charge < -0.3 is 5.32 Å². The summed E-state index contributed by atoms with van der Waals surface area (Å²) in [6.07, 6.45) is 1.81. The first-order valence-electron chi connectivity index (χ1n) is 12.0. The molecule has 0 fully saturated rings. The number of fused-ring (bicyclic) bond motifs is 1. The molecule has 5 rings (SSSR count). The maximum absolute atomic E-state index is 12.7. The fraction of sp³-hybridized carbons (Fsp3) is 0.167. The number of nitrogens with one attached hydrogen (secondary N) is 1. The molecule has 36 heavy (non-hydrogen) atoms. The smallest absolute Gasteiger partial charge is 0.251 e. The summed E-state index contributed by atoms with van der Waals surface area (Å²) in [6.45, 7) is 4.81. The van der Waals surface area contributed by atoms with E-state index in [-0.39, 0.29) is 11.9 Å². The zero-order valence-corrected chi connectivity index (χ0v) is 21.2. The topological polar surface area (TPSA) is 59.8 Å². The summed E-state index contributed by atoms with van der Waals surface area (Å²) in [6, 6.07) is 30.2. The predicted molar refractivity (Wildman–Crippen MR) is 146 cm³/mol. The van der Waals surface area contributed by atoms with E-state index >= 15 is 0 Å². The second-order valence-electron chi connectivity index (χ2n) is 8.90. The zero-order valence-electron chi connectivity index (χ0n) is 20.4. The second kappa shape index (κ2) is 10.8. The number of hydrogen-bond donors (Lipinski definition) is 1. The number of hydrogen-bond acceptors (Lipinski definition) is 4. The van der Waals surface area contributed by atoms with Gasteiger partial charge in [0.2, 0.25) is 0 Å². The third kappa shape index (κ3) is 5.50. The van der Waals surface area contributed by atoms with Crippen molar-refractivity contribution in [1.82, 2.24) is 19.9 Å². The summed E-state index contributed by atoms with van der Waals surface area (Å²) in [5, 5.41) is 4.01. The van der Waals surface area contributed by atoms with Gasteiger partial charge in [-0.2, -0.15) is 0 Å². The maximum Gasteiger partial charge on any atom is 0.251 e. The molecule has 2 aromatic heterocycles. The van der Waals surface area contributed by atoms with Crippen molar-refractivity contribution in [3.05, 3.63) is 125 Å².